The highest BCUT2D eigenvalue weighted by Gasteiger charge is 2.57. The highest BCUT2D eigenvalue weighted by Crippen LogP contribution is 2.42. The second kappa shape index (κ2) is 9.08. The number of benzene rings is 2. The van der Waals surface area contributed by atoms with Crippen molar-refractivity contribution in [3.63, 3.8) is 0 Å². The molecule has 0 saturated carbocycles. The van der Waals surface area contributed by atoms with E-state index in [9.17, 15) is 21.6 Å². The molecule has 4 rings (SSSR count). The Balaban J connectivity index is 1.78. The summed E-state index contributed by atoms with van der Waals surface area (Å²) < 4.78 is 76.5. The largest absolute Gasteiger partial charge is 0.426 e. The van der Waals surface area contributed by atoms with Gasteiger partial charge in [0.2, 0.25) is 11.5 Å². The molecule has 2 atom stereocenters. The van der Waals surface area contributed by atoms with Crippen LogP contribution >= 0.6 is 11.6 Å². The number of hydrogen-bond acceptors (Lipinski definition) is 8. The van der Waals surface area contributed by atoms with E-state index in [1.807, 2.05) is 12.1 Å². The quantitative estimate of drug-likeness (QED) is 0.528. The minimum atomic E-state index is -4.81. The number of methoxy groups -OCH3 is 1. The Morgan fingerprint density at radius 3 is 2.51 bits per heavy atom. The molecule has 0 aliphatic carbocycles. The molecule has 2 N–H and O–H groups in total. The highest BCUT2D eigenvalue weighted by molar-refractivity contribution is 7.91. The van der Waals surface area contributed by atoms with Gasteiger partial charge < -0.3 is 19.8 Å². The number of fused-ring (bicyclic) bond motifs is 1. The minimum absolute atomic E-state index is 0.0555. The molecule has 0 fully saturated rings. The minimum Gasteiger partial charge on any atom is -0.417 e. The molecule has 0 saturated heterocycles. The predicted octanol–water partition coefficient (Wildman–Crippen LogP) is 3.94. The zero-order chi connectivity index (χ0) is 25.6. The number of ether oxygens (including phenoxy) is 1. The van der Waals surface area contributed by atoms with Crippen LogP contribution in [0.5, 0.6) is 0 Å². The van der Waals surface area contributed by atoms with E-state index in [4.69, 9.17) is 21.8 Å². The lowest BCUT2D eigenvalue weighted by Crippen LogP contribution is -2.41. The van der Waals surface area contributed by atoms with Crippen LogP contribution in [0, 0.1) is 0 Å². The van der Waals surface area contributed by atoms with Crippen molar-refractivity contribution in [2.45, 2.75) is 36.2 Å². The van der Waals surface area contributed by atoms with Crippen molar-refractivity contribution < 1.29 is 30.7 Å². The first-order chi connectivity index (χ1) is 16.3. The van der Waals surface area contributed by atoms with E-state index < -0.39 is 33.5 Å². The van der Waals surface area contributed by atoms with Crippen molar-refractivity contribution in [2.24, 2.45) is 5.73 Å². The van der Waals surface area contributed by atoms with Crippen molar-refractivity contribution >= 4 is 27.1 Å². The van der Waals surface area contributed by atoms with Gasteiger partial charge in [-0.3, -0.25) is 0 Å². The lowest BCUT2D eigenvalue weighted by molar-refractivity contribution is -0.276. The molecule has 8 nitrogen and oxygen atoms in total. The Bertz CT molecular complexity index is 1330. The maximum atomic E-state index is 13.5. The average Bonchev–Trinajstić information content (AvgIpc) is 3.25. The van der Waals surface area contributed by atoms with Crippen LogP contribution < -0.4 is 10.6 Å². The van der Waals surface area contributed by atoms with E-state index in [-0.39, 0.29) is 28.6 Å². The number of nitrogens with zero attached hydrogens (tertiary/aromatic N) is 3. The van der Waals surface area contributed by atoms with Crippen molar-refractivity contribution in [3.8, 4) is 11.5 Å². The molecule has 0 bridgehead atoms. The second-order valence-corrected chi connectivity index (χ2v) is 10.8. The number of alkyl halides is 3. The zero-order valence-corrected chi connectivity index (χ0v) is 20.3. The normalized spacial score (nSPS) is 19.6. The molecular formula is C22H22ClF3N4O4S. The monoisotopic (exact) mass is 530 g/mol. The van der Waals surface area contributed by atoms with Gasteiger partial charge in [0.1, 0.15) is 0 Å². The number of rotatable bonds is 5. The van der Waals surface area contributed by atoms with Crippen molar-refractivity contribution in [1.82, 2.24) is 10.2 Å². The van der Waals surface area contributed by atoms with Gasteiger partial charge in [0.25, 0.3) is 5.89 Å². The van der Waals surface area contributed by atoms with Crippen LogP contribution in [-0.4, -0.2) is 50.2 Å². The molecule has 1 unspecified atom stereocenters. The van der Waals surface area contributed by atoms with Gasteiger partial charge in [0.15, 0.2) is 9.84 Å². The molecule has 35 heavy (non-hydrogen) atoms. The SMILES string of the molecule is COC(C)(c1nnc(-c2ccc3c(c2)N(Cc2ccc(Cl)cc2)C[C@@H](N)CS3(=O)=O)o1)C(F)(F)F. The molecule has 13 heteroatoms. The van der Waals surface area contributed by atoms with Crippen molar-refractivity contribution in [1.29, 1.82) is 0 Å². The van der Waals surface area contributed by atoms with Crippen LogP contribution in [0.1, 0.15) is 18.4 Å². The third kappa shape index (κ3) is 4.88. The molecule has 2 aromatic carbocycles. The second-order valence-electron chi connectivity index (χ2n) is 8.38. The first kappa shape index (κ1) is 25.4. The van der Waals surface area contributed by atoms with Gasteiger partial charge >= 0.3 is 6.18 Å². The summed E-state index contributed by atoms with van der Waals surface area (Å²) in [6.07, 6.45) is -4.81. The first-order valence-corrected chi connectivity index (χ1v) is 12.4. The number of anilines is 1. The lowest BCUT2D eigenvalue weighted by atomic mass is 10.1. The fourth-order valence-corrected chi connectivity index (χ4v) is 5.54. The molecular weight excluding hydrogens is 509 g/mol. The molecule has 2 heterocycles. The van der Waals surface area contributed by atoms with Gasteiger partial charge in [-0.1, -0.05) is 23.7 Å². The van der Waals surface area contributed by atoms with Crippen molar-refractivity contribution in [2.75, 3.05) is 24.3 Å². The van der Waals surface area contributed by atoms with E-state index >= 15 is 0 Å². The maximum absolute atomic E-state index is 13.5. The van der Waals surface area contributed by atoms with Crippen LogP contribution in [0.4, 0.5) is 18.9 Å². The summed E-state index contributed by atoms with van der Waals surface area (Å²) in [5.41, 5.74) is 4.74. The van der Waals surface area contributed by atoms with Gasteiger partial charge in [-0.25, -0.2) is 8.42 Å². The van der Waals surface area contributed by atoms with E-state index in [1.54, 1.807) is 17.0 Å². The Labute approximate surface area is 204 Å². The summed E-state index contributed by atoms with van der Waals surface area (Å²) in [4.78, 5) is 1.85. The van der Waals surface area contributed by atoms with E-state index in [2.05, 4.69) is 14.9 Å². The third-order valence-electron chi connectivity index (χ3n) is 5.84. The predicted molar refractivity (Wildman–Crippen MR) is 123 cm³/mol. The standard InChI is InChI=1S/C22H22ClF3N4O4S/c1-21(33-2,22(24,25)26)20-29-28-19(34-20)14-5-8-18-17(9-14)30(11-16(27)12-35(18,31)32)10-13-3-6-15(23)7-4-13/h3-9,16H,10-12,27H2,1-2H3/t16-,21?/m1/s1. The summed E-state index contributed by atoms with van der Waals surface area (Å²) in [7, 11) is -2.83. The van der Waals surface area contributed by atoms with E-state index in [0.717, 1.165) is 19.6 Å². The molecule has 3 aromatic rings. The Morgan fingerprint density at radius 1 is 1.20 bits per heavy atom. The van der Waals surface area contributed by atoms with Crippen LogP contribution in [-0.2, 0) is 26.7 Å². The zero-order valence-electron chi connectivity index (χ0n) is 18.7. The summed E-state index contributed by atoms with van der Waals surface area (Å²) in [5, 5.41) is 7.85. The molecule has 0 spiro atoms. The first-order valence-electron chi connectivity index (χ1n) is 10.4. The van der Waals surface area contributed by atoms with Crippen LogP contribution in [0.2, 0.25) is 5.02 Å². The smallest absolute Gasteiger partial charge is 0.417 e. The Hall–Kier alpha value is -2.67. The van der Waals surface area contributed by atoms with E-state index in [0.29, 0.717) is 17.3 Å². The lowest BCUT2D eigenvalue weighted by Gasteiger charge is -2.26. The van der Waals surface area contributed by atoms with E-state index in [1.165, 1.54) is 18.2 Å². The Morgan fingerprint density at radius 2 is 1.89 bits per heavy atom. The summed E-state index contributed by atoms with van der Waals surface area (Å²) in [6.45, 7) is 1.33. The van der Waals surface area contributed by atoms with Gasteiger partial charge in [-0.2, -0.15) is 13.2 Å². The molecule has 1 aliphatic heterocycles. The highest BCUT2D eigenvalue weighted by atomic mass is 35.5. The number of aromatic nitrogens is 2. The fourth-order valence-electron chi connectivity index (χ4n) is 3.78. The summed E-state index contributed by atoms with van der Waals surface area (Å²) >= 11 is 5.97. The topological polar surface area (TPSA) is 112 Å². The van der Waals surface area contributed by atoms with Gasteiger partial charge in [-0.15, -0.1) is 10.2 Å². The van der Waals surface area contributed by atoms with Crippen LogP contribution in [0.3, 0.4) is 0 Å². The van der Waals surface area contributed by atoms with Gasteiger partial charge in [0, 0.05) is 36.8 Å². The fraction of sp³-hybridized carbons (Fsp3) is 0.364. The van der Waals surface area contributed by atoms with Gasteiger partial charge in [0.05, 0.1) is 16.3 Å². The number of hydrogen-bond donors (Lipinski definition) is 1. The van der Waals surface area contributed by atoms with Crippen LogP contribution in [0.15, 0.2) is 51.8 Å². The summed E-state index contributed by atoms with van der Waals surface area (Å²) in [6, 6.07) is 10.7. The molecule has 1 aliphatic rings. The van der Waals surface area contributed by atoms with Gasteiger partial charge in [-0.05, 0) is 42.8 Å². The maximum Gasteiger partial charge on any atom is 0.426 e. The summed E-state index contributed by atoms with van der Waals surface area (Å²) in [5.74, 6) is -1.24. The number of halogens is 4. The Kier molecular flexibility index (Phi) is 6.60. The molecule has 1 aromatic heterocycles. The molecule has 188 valence electrons. The van der Waals surface area contributed by atoms with Crippen LogP contribution in [0.25, 0.3) is 11.5 Å². The molecule has 0 radical (unpaired) electrons. The third-order valence-corrected chi connectivity index (χ3v) is 7.97. The molecule has 0 amide bonds. The van der Waals surface area contributed by atoms with Crippen molar-refractivity contribution in [3.05, 3.63) is 58.9 Å². The average molecular weight is 531 g/mol. The number of sulfone groups is 1. The number of nitrogens with two attached hydrogens (primary N) is 1.